The molecule has 0 radical (unpaired) electrons. The van der Waals surface area contributed by atoms with Crippen LogP contribution in [0.2, 0.25) is 0 Å². The first-order chi connectivity index (χ1) is 14.1. The van der Waals surface area contributed by atoms with E-state index in [1.54, 1.807) is 18.7 Å². The summed E-state index contributed by atoms with van der Waals surface area (Å²) in [6, 6.07) is 9.53. The maximum Gasteiger partial charge on any atom is 0.312 e. The molecule has 0 saturated carbocycles. The number of nitrogens with zero attached hydrogens (tertiary/aromatic N) is 1. The van der Waals surface area contributed by atoms with Gasteiger partial charge in [0.2, 0.25) is 5.76 Å². The van der Waals surface area contributed by atoms with Crippen LogP contribution in [-0.2, 0) is 23.8 Å². The first-order valence-electron chi connectivity index (χ1n) is 10.2. The van der Waals surface area contributed by atoms with Gasteiger partial charge in [-0.2, -0.15) is 0 Å². The van der Waals surface area contributed by atoms with Crippen LogP contribution in [0.1, 0.15) is 33.1 Å². The molecule has 2 heterocycles. The highest BCUT2D eigenvalue weighted by Crippen LogP contribution is 2.37. The fraction of sp³-hybridized carbons (Fsp3) is 0.545. The molecule has 0 aromatic heterocycles. The monoisotopic (exact) mass is 403 g/mol. The molecule has 0 spiro atoms. The zero-order valence-corrected chi connectivity index (χ0v) is 17.1. The van der Waals surface area contributed by atoms with Crippen molar-refractivity contribution in [3.05, 3.63) is 41.9 Å². The van der Waals surface area contributed by atoms with Crippen molar-refractivity contribution in [2.24, 2.45) is 5.41 Å². The van der Waals surface area contributed by atoms with E-state index in [1.165, 1.54) is 0 Å². The lowest BCUT2D eigenvalue weighted by Gasteiger charge is -2.40. The quantitative estimate of drug-likeness (QED) is 0.652. The van der Waals surface area contributed by atoms with Gasteiger partial charge < -0.3 is 23.8 Å². The summed E-state index contributed by atoms with van der Waals surface area (Å²) >= 11 is 0. The third-order valence-corrected chi connectivity index (χ3v) is 5.47. The lowest BCUT2D eigenvalue weighted by molar-refractivity contribution is -0.161. The molecule has 1 aromatic carbocycles. The summed E-state index contributed by atoms with van der Waals surface area (Å²) in [4.78, 5) is 27.3. The second-order valence-electron chi connectivity index (χ2n) is 7.29. The number of carbonyl (C=O) groups is 2. The molecule has 1 fully saturated rings. The molecule has 29 heavy (non-hydrogen) atoms. The van der Waals surface area contributed by atoms with E-state index in [4.69, 9.17) is 18.9 Å². The van der Waals surface area contributed by atoms with Gasteiger partial charge in [0.15, 0.2) is 0 Å². The Morgan fingerprint density at radius 2 is 1.79 bits per heavy atom. The van der Waals surface area contributed by atoms with E-state index >= 15 is 0 Å². The van der Waals surface area contributed by atoms with E-state index in [9.17, 15) is 9.59 Å². The molecule has 2 aliphatic heterocycles. The SMILES string of the molecule is CCOC(=O)C1(CCOc2ccccc2)CCN(C(=O)C2=C(C)OCCO2)CC1. The van der Waals surface area contributed by atoms with Crippen LogP contribution in [0.4, 0.5) is 0 Å². The smallest absolute Gasteiger partial charge is 0.312 e. The van der Waals surface area contributed by atoms with Crippen LogP contribution in [0.15, 0.2) is 41.9 Å². The van der Waals surface area contributed by atoms with E-state index < -0.39 is 5.41 Å². The lowest BCUT2D eigenvalue weighted by atomic mass is 9.75. The van der Waals surface area contributed by atoms with Gasteiger partial charge >= 0.3 is 5.97 Å². The van der Waals surface area contributed by atoms with Crippen molar-refractivity contribution < 1.29 is 28.5 Å². The molecule has 0 unspecified atom stereocenters. The molecule has 0 N–H and O–H groups in total. The molecule has 2 aliphatic rings. The van der Waals surface area contributed by atoms with Crippen molar-refractivity contribution >= 4 is 11.9 Å². The molecule has 3 rings (SSSR count). The average Bonchev–Trinajstić information content (AvgIpc) is 2.75. The number of amides is 1. The number of carbonyl (C=O) groups excluding carboxylic acids is 2. The Balaban J connectivity index is 1.63. The van der Waals surface area contributed by atoms with E-state index in [0.717, 1.165) is 5.75 Å². The highest BCUT2D eigenvalue weighted by molar-refractivity contribution is 5.92. The molecule has 1 aromatic rings. The normalized spacial score (nSPS) is 18.5. The van der Waals surface area contributed by atoms with Crippen LogP contribution >= 0.6 is 0 Å². The van der Waals surface area contributed by atoms with Crippen molar-refractivity contribution in [1.82, 2.24) is 4.90 Å². The summed E-state index contributed by atoms with van der Waals surface area (Å²) in [5.74, 6) is 1.17. The third-order valence-electron chi connectivity index (χ3n) is 5.47. The Bertz CT molecular complexity index is 737. The molecule has 158 valence electrons. The van der Waals surface area contributed by atoms with Gasteiger partial charge in [-0.15, -0.1) is 0 Å². The maximum atomic E-state index is 12.8. The first kappa shape index (κ1) is 21.0. The van der Waals surface area contributed by atoms with Crippen molar-refractivity contribution in [2.75, 3.05) is 39.5 Å². The Hall–Kier alpha value is -2.70. The van der Waals surface area contributed by atoms with Crippen molar-refractivity contribution in [3.8, 4) is 5.75 Å². The number of para-hydroxylation sites is 1. The number of allylic oxidation sites excluding steroid dienone is 1. The highest BCUT2D eigenvalue weighted by atomic mass is 16.6. The molecular formula is C22H29NO6. The fourth-order valence-electron chi connectivity index (χ4n) is 3.72. The maximum absolute atomic E-state index is 12.8. The Kier molecular flexibility index (Phi) is 7.01. The van der Waals surface area contributed by atoms with Crippen LogP contribution in [0.25, 0.3) is 0 Å². The van der Waals surface area contributed by atoms with E-state index in [2.05, 4.69) is 0 Å². The van der Waals surface area contributed by atoms with Gasteiger partial charge in [-0.1, -0.05) is 18.2 Å². The summed E-state index contributed by atoms with van der Waals surface area (Å²) in [5, 5.41) is 0. The van der Waals surface area contributed by atoms with Gasteiger partial charge in [-0.3, -0.25) is 9.59 Å². The molecule has 7 nitrogen and oxygen atoms in total. The topological polar surface area (TPSA) is 74.3 Å². The summed E-state index contributed by atoms with van der Waals surface area (Å²) < 4.78 is 22.1. The fourth-order valence-corrected chi connectivity index (χ4v) is 3.72. The van der Waals surface area contributed by atoms with Gasteiger partial charge in [0, 0.05) is 13.1 Å². The molecule has 0 bridgehead atoms. The zero-order chi connectivity index (χ0) is 20.7. The highest BCUT2D eigenvalue weighted by Gasteiger charge is 2.44. The predicted molar refractivity (Wildman–Crippen MR) is 106 cm³/mol. The van der Waals surface area contributed by atoms with E-state index in [-0.39, 0.29) is 17.6 Å². The Morgan fingerprint density at radius 3 is 2.45 bits per heavy atom. The minimum absolute atomic E-state index is 0.180. The number of piperidine rings is 1. The molecule has 0 atom stereocenters. The molecule has 1 saturated heterocycles. The Labute approximate surface area is 171 Å². The van der Waals surface area contributed by atoms with Crippen molar-refractivity contribution in [3.63, 3.8) is 0 Å². The minimum Gasteiger partial charge on any atom is -0.494 e. The zero-order valence-electron chi connectivity index (χ0n) is 17.1. The summed E-state index contributed by atoms with van der Waals surface area (Å²) in [6.45, 7) is 6.04. The molecule has 7 heteroatoms. The van der Waals surface area contributed by atoms with Gasteiger partial charge in [0.05, 0.1) is 18.6 Å². The minimum atomic E-state index is -0.644. The van der Waals surface area contributed by atoms with Crippen molar-refractivity contribution in [2.45, 2.75) is 33.1 Å². The van der Waals surface area contributed by atoms with Crippen molar-refractivity contribution in [1.29, 1.82) is 0 Å². The number of esters is 1. The van der Waals surface area contributed by atoms with Crippen LogP contribution in [-0.4, -0.2) is 56.3 Å². The van der Waals surface area contributed by atoms with Gasteiger partial charge in [-0.25, -0.2) is 0 Å². The number of ether oxygens (including phenoxy) is 4. The largest absolute Gasteiger partial charge is 0.494 e. The van der Waals surface area contributed by atoms with Crippen LogP contribution in [0.5, 0.6) is 5.75 Å². The molecular weight excluding hydrogens is 374 g/mol. The third kappa shape index (κ3) is 5.02. The number of rotatable bonds is 7. The van der Waals surface area contributed by atoms with Gasteiger partial charge in [0.1, 0.15) is 24.7 Å². The average molecular weight is 403 g/mol. The number of hydrogen-bond acceptors (Lipinski definition) is 6. The first-order valence-corrected chi connectivity index (χ1v) is 10.2. The summed E-state index contributed by atoms with van der Waals surface area (Å²) in [5.41, 5.74) is -0.644. The summed E-state index contributed by atoms with van der Waals surface area (Å²) in [7, 11) is 0. The van der Waals surface area contributed by atoms with Gasteiger partial charge in [0.25, 0.3) is 5.91 Å². The summed E-state index contributed by atoms with van der Waals surface area (Å²) in [6.07, 6.45) is 1.61. The molecule has 1 amide bonds. The number of likely N-dealkylation sites (tertiary alicyclic amines) is 1. The molecule has 0 aliphatic carbocycles. The van der Waals surface area contributed by atoms with Crippen LogP contribution < -0.4 is 4.74 Å². The second-order valence-corrected chi connectivity index (χ2v) is 7.29. The predicted octanol–water partition coefficient (Wildman–Crippen LogP) is 2.91. The lowest BCUT2D eigenvalue weighted by Crippen LogP contribution is -2.48. The standard InChI is InChI=1S/C22H29NO6/c1-3-26-21(25)22(11-14-28-18-7-5-4-6-8-18)9-12-23(13-10-22)20(24)19-17(2)27-15-16-29-19/h4-8H,3,9-16H2,1-2H3. The number of benzene rings is 1. The number of hydrogen-bond donors (Lipinski definition) is 0. The second kappa shape index (κ2) is 9.67. The Morgan fingerprint density at radius 1 is 1.10 bits per heavy atom. The van der Waals surface area contributed by atoms with E-state index in [1.807, 2.05) is 30.3 Å². The van der Waals surface area contributed by atoms with E-state index in [0.29, 0.717) is 64.5 Å². The van der Waals surface area contributed by atoms with Crippen LogP contribution in [0, 0.1) is 5.41 Å². The van der Waals surface area contributed by atoms with Gasteiger partial charge in [-0.05, 0) is 45.2 Å². The van der Waals surface area contributed by atoms with Crippen LogP contribution in [0.3, 0.4) is 0 Å².